The van der Waals surface area contributed by atoms with Gasteiger partial charge in [0.2, 0.25) is 5.91 Å². The summed E-state index contributed by atoms with van der Waals surface area (Å²) in [4.78, 5) is 11.2. The lowest BCUT2D eigenvalue weighted by molar-refractivity contribution is -0.121. The molecule has 0 radical (unpaired) electrons. The van der Waals surface area contributed by atoms with Crippen LogP contribution < -0.4 is 10.6 Å². The smallest absolute Gasteiger partial charge is 0.220 e. The van der Waals surface area contributed by atoms with Gasteiger partial charge in [-0.05, 0) is 18.4 Å². The summed E-state index contributed by atoms with van der Waals surface area (Å²) in [5, 5.41) is 6.03. The van der Waals surface area contributed by atoms with Crippen molar-refractivity contribution < 1.29 is 9.53 Å². The van der Waals surface area contributed by atoms with Crippen LogP contribution in [0.5, 0.6) is 0 Å². The Balaban J connectivity index is 3.10. The van der Waals surface area contributed by atoms with E-state index in [1.807, 2.05) is 0 Å². The lowest BCUT2D eigenvalue weighted by Crippen LogP contribution is -2.32. The van der Waals surface area contributed by atoms with Crippen LogP contribution in [0.3, 0.4) is 0 Å². The van der Waals surface area contributed by atoms with Gasteiger partial charge in [-0.3, -0.25) is 4.79 Å². The SMILES string of the molecule is COCCNCCNC(=O)CCCSC. The van der Waals surface area contributed by atoms with Crippen LogP contribution in [0.4, 0.5) is 0 Å². The normalized spacial score (nSPS) is 10.3. The second kappa shape index (κ2) is 11.8. The van der Waals surface area contributed by atoms with Crippen LogP contribution in [0.25, 0.3) is 0 Å². The Hall–Kier alpha value is -0.260. The Labute approximate surface area is 96.5 Å². The van der Waals surface area contributed by atoms with E-state index in [2.05, 4.69) is 16.9 Å². The molecule has 0 aromatic carbocycles. The first-order valence-corrected chi connectivity index (χ1v) is 6.66. The van der Waals surface area contributed by atoms with E-state index in [1.54, 1.807) is 18.9 Å². The average Bonchev–Trinajstić information content (AvgIpc) is 2.23. The molecule has 0 aliphatic heterocycles. The molecule has 5 heteroatoms. The molecule has 0 bridgehead atoms. The standard InChI is InChI=1S/C10H22N2O2S/c1-14-8-7-11-5-6-12-10(13)4-3-9-15-2/h11H,3-9H2,1-2H3,(H,12,13). The predicted molar refractivity (Wildman–Crippen MR) is 65.4 cm³/mol. The highest BCUT2D eigenvalue weighted by Crippen LogP contribution is 1.98. The summed E-state index contributed by atoms with van der Waals surface area (Å²) in [6.07, 6.45) is 3.65. The third-order valence-electron chi connectivity index (χ3n) is 1.86. The quantitative estimate of drug-likeness (QED) is 0.540. The molecule has 0 spiro atoms. The van der Waals surface area contributed by atoms with Gasteiger partial charge in [0.05, 0.1) is 6.61 Å². The maximum atomic E-state index is 11.2. The van der Waals surface area contributed by atoms with Crippen molar-refractivity contribution in [2.45, 2.75) is 12.8 Å². The monoisotopic (exact) mass is 234 g/mol. The molecule has 4 nitrogen and oxygen atoms in total. The van der Waals surface area contributed by atoms with Crippen molar-refractivity contribution >= 4 is 17.7 Å². The van der Waals surface area contributed by atoms with Crippen molar-refractivity contribution in [3.05, 3.63) is 0 Å². The summed E-state index contributed by atoms with van der Waals surface area (Å²) in [6.45, 7) is 3.04. The fourth-order valence-electron chi connectivity index (χ4n) is 1.05. The van der Waals surface area contributed by atoms with Crippen LogP contribution in [0, 0.1) is 0 Å². The maximum absolute atomic E-state index is 11.2. The minimum atomic E-state index is 0.151. The largest absolute Gasteiger partial charge is 0.383 e. The lowest BCUT2D eigenvalue weighted by atomic mass is 10.3. The van der Waals surface area contributed by atoms with Gasteiger partial charge >= 0.3 is 0 Å². The number of nitrogens with one attached hydrogen (secondary N) is 2. The highest BCUT2D eigenvalue weighted by Gasteiger charge is 1.98. The van der Waals surface area contributed by atoms with Crippen LogP contribution in [0.1, 0.15) is 12.8 Å². The lowest BCUT2D eigenvalue weighted by Gasteiger charge is -2.06. The molecule has 0 aromatic rings. The molecule has 0 atom stereocenters. The zero-order chi connectivity index (χ0) is 11.4. The molecule has 0 saturated carbocycles. The number of thioether (sulfide) groups is 1. The molecule has 0 fully saturated rings. The minimum Gasteiger partial charge on any atom is -0.383 e. The summed E-state index contributed by atoms with van der Waals surface area (Å²) in [5.41, 5.74) is 0. The number of carbonyl (C=O) groups excluding carboxylic acids is 1. The topological polar surface area (TPSA) is 50.4 Å². The first-order chi connectivity index (χ1) is 7.31. The molecule has 0 saturated heterocycles. The summed E-state index contributed by atoms with van der Waals surface area (Å²) in [7, 11) is 1.68. The van der Waals surface area contributed by atoms with Crippen LogP contribution in [-0.4, -0.2) is 51.3 Å². The minimum absolute atomic E-state index is 0.151. The average molecular weight is 234 g/mol. The summed E-state index contributed by atoms with van der Waals surface area (Å²) in [6, 6.07) is 0. The molecule has 0 unspecified atom stereocenters. The van der Waals surface area contributed by atoms with E-state index in [4.69, 9.17) is 4.74 Å². The van der Waals surface area contributed by atoms with E-state index in [0.717, 1.165) is 25.3 Å². The van der Waals surface area contributed by atoms with Crippen molar-refractivity contribution in [2.24, 2.45) is 0 Å². The Bertz CT molecular complexity index is 156. The fourth-order valence-corrected chi connectivity index (χ4v) is 1.49. The van der Waals surface area contributed by atoms with E-state index in [9.17, 15) is 4.79 Å². The first-order valence-electron chi connectivity index (χ1n) is 5.26. The van der Waals surface area contributed by atoms with E-state index in [0.29, 0.717) is 19.6 Å². The van der Waals surface area contributed by atoms with Gasteiger partial charge in [-0.2, -0.15) is 11.8 Å². The van der Waals surface area contributed by atoms with Crippen molar-refractivity contribution in [3.8, 4) is 0 Å². The number of rotatable bonds is 10. The molecule has 0 rings (SSSR count). The number of hydrogen-bond acceptors (Lipinski definition) is 4. The Morgan fingerprint density at radius 3 is 2.80 bits per heavy atom. The van der Waals surface area contributed by atoms with Crippen LogP contribution >= 0.6 is 11.8 Å². The van der Waals surface area contributed by atoms with Crippen LogP contribution in [0.15, 0.2) is 0 Å². The molecule has 0 heterocycles. The second-order valence-corrected chi connectivity index (χ2v) is 4.17. The van der Waals surface area contributed by atoms with Crippen molar-refractivity contribution in [2.75, 3.05) is 45.4 Å². The molecular formula is C10H22N2O2S. The van der Waals surface area contributed by atoms with Crippen molar-refractivity contribution in [1.29, 1.82) is 0 Å². The molecular weight excluding hydrogens is 212 g/mol. The number of ether oxygens (including phenoxy) is 1. The molecule has 0 aliphatic carbocycles. The number of amides is 1. The number of methoxy groups -OCH3 is 1. The molecule has 1 amide bonds. The maximum Gasteiger partial charge on any atom is 0.220 e. The van der Waals surface area contributed by atoms with Crippen molar-refractivity contribution in [3.63, 3.8) is 0 Å². The molecule has 2 N–H and O–H groups in total. The van der Waals surface area contributed by atoms with Gasteiger partial charge in [0, 0.05) is 33.2 Å². The van der Waals surface area contributed by atoms with Crippen molar-refractivity contribution in [1.82, 2.24) is 10.6 Å². The number of carbonyl (C=O) groups is 1. The zero-order valence-corrected chi connectivity index (χ0v) is 10.5. The fraction of sp³-hybridized carbons (Fsp3) is 0.900. The third kappa shape index (κ3) is 11.7. The summed E-state index contributed by atoms with van der Waals surface area (Å²) >= 11 is 1.77. The Morgan fingerprint density at radius 1 is 1.33 bits per heavy atom. The first kappa shape index (κ1) is 14.7. The van der Waals surface area contributed by atoms with E-state index in [-0.39, 0.29) is 5.91 Å². The van der Waals surface area contributed by atoms with Gasteiger partial charge in [-0.25, -0.2) is 0 Å². The van der Waals surface area contributed by atoms with Gasteiger partial charge in [0.15, 0.2) is 0 Å². The highest BCUT2D eigenvalue weighted by molar-refractivity contribution is 7.98. The van der Waals surface area contributed by atoms with Gasteiger partial charge in [-0.1, -0.05) is 0 Å². The van der Waals surface area contributed by atoms with Crippen LogP contribution in [-0.2, 0) is 9.53 Å². The van der Waals surface area contributed by atoms with E-state index >= 15 is 0 Å². The Morgan fingerprint density at radius 2 is 2.13 bits per heavy atom. The van der Waals surface area contributed by atoms with Crippen LogP contribution in [0.2, 0.25) is 0 Å². The van der Waals surface area contributed by atoms with Gasteiger partial charge in [0.1, 0.15) is 0 Å². The molecule has 15 heavy (non-hydrogen) atoms. The predicted octanol–water partition coefficient (Wildman–Crippen LogP) is 0.482. The second-order valence-electron chi connectivity index (χ2n) is 3.19. The molecule has 0 aliphatic rings. The third-order valence-corrected chi connectivity index (χ3v) is 2.56. The van der Waals surface area contributed by atoms with Gasteiger partial charge in [0.25, 0.3) is 0 Å². The number of hydrogen-bond donors (Lipinski definition) is 2. The summed E-state index contributed by atoms with van der Waals surface area (Å²) < 4.78 is 4.88. The summed E-state index contributed by atoms with van der Waals surface area (Å²) in [5.74, 6) is 1.21. The van der Waals surface area contributed by atoms with E-state index in [1.165, 1.54) is 0 Å². The zero-order valence-electron chi connectivity index (χ0n) is 9.67. The molecule has 90 valence electrons. The van der Waals surface area contributed by atoms with Gasteiger partial charge < -0.3 is 15.4 Å². The Kier molecular flexibility index (Phi) is 11.6. The van der Waals surface area contributed by atoms with Gasteiger partial charge in [-0.15, -0.1) is 0 Å². The molecule has 0 aromatic heterocycles. The van der Waals surface area contributed by atoms with E-state index < -0.39 is 0 Å². The highest BCUT2D eigenvalue weighted by atomic mass is 32.2.